The standard InChI is InChI=1S/C18H20N6O6S3/c1-23-4-3-8(14(23)26)33-9-6-31-16-11(15(27)24(16)12(9)17(28)29)21-13(25)10(22-30-2)7-5-32-18(19)20-7/h5,8,11,16H,3-4,6H2,1-2H3,(H2,19,20)(H,21,25)(H,28,29)/b22-10-/t8?,11-,16-/m1/s1. The highest BCUT2D eigenvalue weighted by Gasteiger charge is 2.55. The Morgan fingerprint density at radius 3 is 2.73 bits per heavy atom. The summed E-state index contributed by atoms with van der Waals surface area (Å²) in [6, 6.07) is -0.944. The van der Waals surface area contributed by atoms with Crippen molar-refractivity contribution in [2.45, 2.75) is 23.1 Å². The third-order valence-electron chi connectivity index (χ3n) is 5.25. The number of nitrogens with one attached hydrogen (secondary N) is 1. The maximum absolute atomic E-state index is 12.9. The van der Waals surface area contributed by atoms with Gasteiger partial charge in [0.05, 0.1) is 5.25 Å². The second-order valence-corrected chi connectivity index (χ2v) is 10.6. The summed E-state index contributed by atoms with van der Waals surface area (Å²) in [5.74, 6) is -2.25. The largest absolute Gasteiger partial charge is 0.477 e. The van der Waals surface area contributed by atoms with E-state index < -0.39 is 29.2 Å². The first-order valence-electron chi connectivity index (χ1n) is 9.69. The maximum Gasteiger partial charge on any atom is 0.353 e. The van der Waals surface area contributed by atoms with Gasteiger partial charge in [0.2, 0.25) is 5.91 Å². The fourth-order valence-corrected chi connectivity index (χ4v) is 7.02. The van der Waals surface area contributed by atoms with Crippen LogP contribution in [0.25, 0.3) is 0 Å². The number of hydrogen-bond acceptors (Lipinski definition) is 11. The number of hydrogen-bond donors (Lipinski definition) is 3. The number of thiazole rings is 1. The number of likely N-dealkylation sites (tertiary alicyclic amines) is 1. The Morgan fingerprint density at radius 1 is 1.39 bits per heavy atom. The van der Waals surface area contributed by atoms with Gasteiger partial charge in [0, 0.05) is 29.6 Å². The molecule has 0 saturated carbocycles. The molecule has 0 aromatic carbocycles. The third-order valence-corrected chi connectivity index (χ3v) is 8.73. The molecule has 1 unspecified atom stereocenters. The molecule has 4 heterocycles. The number of nitrogen functional groups attached to an aromatic ring is 1. The van der Waals surface area contributed by atoms with E-state index in [-0.39, 0.29) is 33.4 Å². The van der Waals surface area contributed by atoms with E-state index in [0.717, 1.165) is 11.3 Å². The summed E-state index contributed by atoms with van der Waals surface area (Å²) in [4.78, 5) is 61.9. The molecule has 33 heavy (non-hydrogen) atoms. The molecule has 4 N–H and O–H groups in total. The summed E-state index contributed by atoms with van der Waals surface area (Å²) >= 11 is 3.64. The minimum atomic E-state index is -1.25. The van der Waals surface area contributed by atoms with Crippen LogP contribution in [0.15, 0.2) is 21.1 Å². The van der Waals surface area contributed by atoms with Crippen LogP contribution in [0.5, 0.6) is 0 Å². The molecule has 4 rings (SSSR count). The number of nitrogens with zero attached hydrogens (tertiary/aromatic N) is 4. The first kappa shape index (κ1) is 23.4. The maximum atomic E-state index is 12.9. The smallest absolute Gasteiger partial charge is 0.353 e. The number of amides is 3. The molecule has 0 spiro atoms. The Balaban J connectivity index is 1.51. The van der Waals surface area contributed by atoms with Gasteiger partial charge in [-0.1, -0.05) is 5.16 Å². The quantitative estimate of drug-likeness (QED) is 0.251. The number of fused-ring (bicyclic) bond motifs is 1. The fourth-order valence-electron chi connectivity index (χ4n) is 3.65. The number of aliphatic carboxylic acids is 1. The van der Waals surface area contributed by atoms with Crippen LogP contribution in [0.3, 0.4) is 0 Å². The zero-order valence-electron chi connectivity index (χ0n) is 17.5. The average molecular weight is 513 g/mol. The molecule has 0 bridgehead atoms. The molecule has 176 valence electrons. The molecule has 15 heteroatoms. The van der Waals surface area contributed by atoms with E-state index >= 15 is 0 Å². The summed E-state index contributed by atoms with van der Waals surface area (Å²) < 4.78 is 0. The molecule has 1 aromatic heterocycles. The van der Waals surface area contributed by atoms with E-state index in [1.165, 1.54) is 40.9 Å². The number of nitrogens with two attached hydrogens (primary N) is 1. The predicted octanol–water partition coefficient (Wildman–Crippen LogP) is -0.264. The number of carbonyl (C=O) groups is 4. The van der Waals surface area contributed by atoms with Crippen molar-refractivity contribution < 1.29 is 29.1 Å². The van der Waals surface area contributed by atoms with Crippen LogP contribution in [0.1, 0.15) is 12.1 Å². The molecule has 0 aliphatic carbocycles. The highest BCUT2D eigenvalue weighted by Crippen LogP contribution is 2.45. The van der Waals surface area contributed by atoms with Gasteiger partial charge in [-0.15, -0.1) is 34.9 Å². The topological polar surface area (TPSA) is 168 Å². The molecule has 0 radical (unpaired) electrons. The van der Waals surface area contributed by atoms with Gasteiger partial charge >= 0.3 is 5.97 Å². The lowest BCUT2D eigenvalue weighted by Gasteiger charge is -2.49. The second kappa shape index (κ2) is 9.23. The van der Waals surface area contributed by atoms with E-state index in [1.807, 2.05) is 0 Å². The molecule has 3 atom stereocenters. The summed E-state index contributed by atoms with van der Waals surface area (Å²) in [6.45, 7) is 0.606. The Kier molecular flexibility index (Phi) is 6.54. The van der Waals surface area contributed by atoms with Crippen molar-refractivity contribution in [1.82, 2.24) is 20.1 Å². The van der Waals surface area contributed by atoms with Gasteiger partial charge in [-0.3, -0.25) is 19.3 Å². The van der Waals surface area contributed by atoms with Crippen molar-refractivity contribution in [1.29, 1.82) is 0 Å². The van der Waals surface area contributed by atoms with Crippen molar-refractivity contribution in [3.8, 4) is 0 Å². The lowest BCUT2D eigenvalue weighted by molar-refractivity contribution is -0.150. The lowest BCUT2D eigenvalue weighted by Crippen LogP contribution is -2.71. The monoisotopic (exact) mass is 512 g/mol. The van der Waals surface area contributed by atoms with E-state index in [4.69, 9.17) is 10.6 Å². The predicted molar refractivity (Wildman–Crippen MR) is 123 cm³/mol. The van der Waals surface area contributed by atoms with Crippen LogP contribution >= 0.6 is 34.9 Å². The Morgan fingerprint density at radius 2 is 2.15 bits per heavy atom. The molecular formula is C18H20N6O6S3. The van der Waals surface area contributed by atoms with Crippen LogP contribution < -0.4 is 11.1 Å². The normalized spacial score (nSPS) is 25.2. The number of aromatic nitrogens is 1. The second-order valence-electron chi connectivity index (χ2n) is 7.29. The number of carboxylic acids is 1. The summed E-state index contributed by atoms with van der Waals surface area (Å²) in [6.07, 6.45) is 0.611. The number of β-lactam (4-membered cyclic amide) rings is 1. The molecule has 1 aromatic rings. The van der Waals surface area contributed by atoms with Gasteiger partial charge in [0.25, 0.3) is 11.8 Å². The molecule has 3 aliphatic rings. The highest BCUT2D eigenvalue weighted by atomic mass is 32.2. The van der Waals surface area contributed by atoms with Gasteiger partial charge in [0.15, 0.2) is 10.8 Å². The van der Waals surface area contributed by atoms with Crippen molar-refractivity contribution in [2.75, 3.05) is 32.2 Å². The van der Waals surface area contributed by atoms with Crippen LogP contribution in [0, 0.1) is 0 Å². The summed E-state index contributed by atoms with van der Waals surface area (Å²) in [5, 5.41) is 16.9. The van der Waals surface area contributed by atoms with Gasteiger partial charge < -0.3 is 25.9 Å². The first-order chi connectivity index (χ1) is 15.7. The van der Waals surface area contributed by atoms with Gasteiger partial charge in [-0.2, -0.15) is 0 Å². The van der Waals surface area contributed by atoms with Gasteiger partial charge in [0.1, 0.15) is 29.9 Å². The number of carboxylic acid groups (broad SMARTS) is 1. The molecule has 3 amide bonds. The zero-order chi connectivity index (χ0) is 23.9. The van der Waals surface area contributed by atoms with Crippen LogP contribution in [-0.4, -0.2) is 92.4 Å². The van der Waals surface area contributed by atoms with E-state index in [2.05, 4.69) is 15.5 Å². The minimum absolute atomic E-state index is 0.0583. The van der Waals surface area contributed by atoms with Crippen molar-refractivity contribution in [3.63, 3.8) is 0 Å². The van der Waals surface area contributed by atoms with Gasteiger partial charge in [-0.05, 0) is 6.42 Å². The number of oxime groups is 1. The Bertz CT molecular complexity index is 1090. The number of rotatable bonds is 7. The van der Waals surface area contributed by atoms with E-state index in [1.54, 1.807) is 11.9 Å². The fraction of sp³-hybridized carbons (Fsp3) is 0.444. The number of carbonyl (C=O) groups excluding carboxylic acids is 3. The van der Waals surface area contributed by atoms with Crippen LogP contribution in [0.2, 0.25) is 0 Å². The Labute approximate surface area is 200 Å². The van der Waals surface area contributed by atoms with Crippen molar-refractivity contribution >= 4 is 69.4 Å². The lowest BCUT2D eigenvalue weighted by atomic mass is 10.0. The van der Waals surface area contributed by atoms with E-state index in [0.29, 0.717) is 23.6 Å². The summed E-state index contributed by atoms with van der Waals surface area (Å²) in [7, 11) is 2.97. The SMILES string of the molecule is CO/N=C(\C(=O)N[C@@H]1C(=O)N2C(C(=O)O)=C(SC3CCN(C)C3=O)CS[C@H]12)c1csc(N)n1. The Hall–Kier alpha value is -2.78. The van der Waals surface area contributed by atoms with E-state index in [9.17, 15) is 24.3 Å². The molecular weight excluding hydrogens is 492 g/mol. The van der Waals surface area contributed by atoms with Crippen molar-refractivity contribution in [2.24, 2.45) is 5.16 Å². The minimum Gasteiger partial charge on any atom is -0.477 e. The summed E-state index contributed by atoms with van der Waals surface area (Å²) in [5.41, 5.74) is 5.54. The molecule has 2 saturated heterocycles. The van der Waals surface area contributed by atoms with Crippen LogP contribution in [-0.2, 0) is 24.0 Å². The van der Waals surface area contributed by atoms with Gasteiger partial charge in [-0.25, -0.2) is 9.78 Å². The average Bonchev–Trinajstić information content (AvgIpc) is 3.35. The molecule has 3 aliphatic heterocycles. The highest BCUT2D eigenvalue weighted by molar-refractivity contribution is 8.07. The first-order valence-corrected chi connectivity index (χ1v) is 12.5. The van der Waals surface area contributed by atoms with Crippen LogP contribution in [0.4, 0.5) is 5.13 Å². The zero-order valence-corrected chi connectivity index (χ0v) is 20.0. The number of anilines is 1. The third kappa shape index (κ3) is 4.27. The molecule has 2 fully saturated rings. The van der Waals surface area contributed by atoms with Crippen molar-refractivity contribution in [3.05, 3.63) is 21.7 Å². The number of thioether (sulfide) groups is 2. The molecule has 12 nitrogen and oxygen atoms in total.